The lowest BCUT2D eigenvalue weighted by molar-refractivity contribution is 0.356. The highest BCUT2D eigenvalue weighted by Crippen LogP contribution is 2.34. The van der Waals surface area contributed by atoms with Crippen molar-refractivity contribution in [2.24, 2.45) is 5.92 Å². The molecule has 0 aliphatic heterocycles. The predicted molar refractivity (Wildman–Crippen MR) is 125 cm³/mol. The number of nitrogens with zero attached hydrogens (tertiary/aromatic N) is 2. The highest BCUT2D eigenvalue weighted by Gasteiger charge is 2.13. The number of aromatic nitrogens is 2. The van der Waals surface area contributed by atoms with Crippen molar-refractivity contribution >= 4 is 34.1 Å². The van der Waals surface area contributed by atoms with Gasteiger partial charge >= 0.3 is 0 Å². The van der Waals surface area contributed by atoms with Gasteiger partial charge in [-0.05, 0) is 50.0 Å². The average molecular weight is 424 g/mol. The first-order valence-corrected chi connectivity index (χ1v) is 11.4. The summed E-state index contributed by atoms with van der Waals surface area (Å²) in [4.78, 5) is 11.8. The van der Waals surface area contributed by atoms with Crippen LogP contribution in [0.15, 0.2) is 30.3 Å². The highest BCUT2D eigenvalue weighted by molar-refractivity contribution is 7.12. The molecule has 6 heteroatoms. The largest absolute Gasteiger partial charge is 0.493 e. The molecule has 1 N–H and O–H groups in total. The number of fused-ring (bicyclic) bond motifs is 1. The molecule has 0 spiro atoms. The quantitative estimate of drug-likeness (QED) is 0.489. The number of nitrogens with one attached hydrogen (secondary N) is 1. The topological polar surface area (TPSA) is 56.3 Å². The molecular formula is C24H29N3O2S. The maximum Gasteiger partial charge on any atom is 0.162 e. The number of allylic oxidation sites excluding steroid dienone is 1. The molecule has 2 heterocycles. The van der Waals surface area contributed by atoms with Crippen LogP contribution in [0.4, 0.5) is 5.82 Å². The molecule has 1 aliphatic carbocycles. The van der Waals surface area contributed by atoms with E-state index in [9.17, 15) is 0 Å². The third kappa shape index (κ3) is 4.75. The van der Waals surface area contributed by atoms with Gasteiger partial charge in [0.05, 0.1) is 26.3 Å². The molecule has 0 unspecified atom stereocenters. The van der Waals surface area contributed by atoms with E-state index in [1.165, 1.54) is 41.9 Å². The number of methoxy groups -OCH3 is 2. The minimum atomic E-state index is 0.668. The number of ether oxygens (including phenoxy) is 2. The molecule has 30 heavy (non-hydrogen) atoms. The van der Waals surface area contributed by atoms with Gasteiger partial charge in [-0.1, -0.05) is 25.3 Å². The zero-order valence-electron chi connectivity index (χ0n) is 17.9. The molecule has 5 nitrogen and oxygen atoms in total. The van der Waals surface area contributed by atoms with Gasteiger partial charge in [-0.25, -0.2) is 9.97 Å². The molecule has 158 valence electrons. The number of hydrogen-bond donors (Lipinski definition) is 1. The number of aryl methyl sites for hydroxylation is 1. The fourth-order valence-electron chi connectivity index (χ4n) is 4.01. The minimum Gasteiger partial charge on any atom is -0.493 e. The van der Waals surface area contributed by atoms with Gasteiger partial charge in [0.25, 0.3) is 0 Å². The van der Waals surface area contributed by atoms with Crippen molar-refractivity contribution < 1.29 is 9.47 Å². The van der Waals surface area contributed by atoms with Gasteiger partial charge in [-0.2, -0.15) is 0 Å². The van der Waals surface area contributed by atoms with Crippen LogP contribution in [0.25, 0.3) is 17.0 Å². The lowest BCUT2D eigenvalue weighted by Gasteiger charge is -2.17. The first-order valence-electron chi connectivity index (χ1n) is 10.6. The Kier molecular flexibility index (Phi) is 6.53. The monoisotopic (exact) mass is 423 g/mol. The van der Waals surface area contributed by atoms with Crippen LogP contribution in [0, 0.1) is 12.8 Å². The van der Waals surface area contributed by atoms with Gasteiger partial charge in [0.2, 0.25) is 0 Å². The van der Waals surface area contributed by atoms with Gasteiger partial charge in [0, 0.05) is 21.2 Å². The van der Waals surface area contributed by atoms with Crippen LogP contribution >= 0.6 is 11.3 Å². The molecule has 0 bridgehead atoms. The Bertz CT molecular complexity index is 1040. The zero-order valence-corrected chi connectivity index (χ0v) is 18.7. The molecule has 3 aromatic rings. The van der Waals surface area contributed by atoms with Crippen molar-refractivity contribution in [3.05, 3.63) is 45.9 Å². The fourth-order valence-corrected chi connectivity index (χ4v) is 4.88. The van der Waals surface area contributed by atoms with Gasteiger partial charge in [-0.15, -0.1) is 11.3 Å². The van der Waals surface area contributed by atoms with Crippen LogP contribution in [0.5, 0.6) is 11.5 Å². The number of benzene rings is 1. The Morgan fingerprint density at radius 1 is 1.07 bits per heavy atom. The Hall–Kier alpha value is -2.60. The molecule has 0 saturated heterocycles. The van der Waals surface area contributed by atoms with E-state index in [4.69, 9.17) is 9.47 Å². The standard InChI is InChI=1S/C24H29N3O2S/c1-16-26-21-14-23(29-3)22(28-2)13-20(21)24(27-16)25-15-19-12-11-18(30-19)10-9-17-7-5-4-6-8-17/h9-14,17H,4-8,15H2,1-3H3,(H,25,26,27)/b10-9+. The Balaban J connectivity index is 1.49. The normalized spacial score (nSPS) is 15.0. The third-order valence-electron chi connectivity index (χ3n) is 5.61. The van der Waals surface area contributed by atoms with Crippen molar-refractivity contribution in [3.63, 3.8) is 0 Å². The number of thiophene rings is 1. The lowest BCUT2D eigenvalue weighted by atomic mass is 9.89. The van der Waals surface area contributed by atoms with E-state index in [1.807, 2.05) is 30.4 Å². The average Bonchev–Trinajstić information content (AvgIpc) is 3.23. The Morgan fingerprint density at radius 3 is 2.60 bits per heavy atom. The highest BCUT2D eigenvalue weighted by atomic mass is 32.1. The van der Waals surface area contributed by atoms with Gasteiger partial charge in [-0.3, -0.25) is 0 Å². The molecule has 1 aliphatic rings. The van der Waals surface area contributed by atoms with Gasteiger partial charge in [0.15, 0.2) is 11.5 Å². The molecule has 4 rings (SSSR count). The second kappa shape index (κ2) is 9.47. The summed E-state index contributed by atoms with van der Waals surface area (Å²) in [6, 6.07) is 8.23. The molecule has 1 aromatic carbocycles. The first kappa shape index (κ1) is 20.7. The number of hydrogen-bond acceptors (Lipinski definition) is 6. The SMILES string of the molecule is COc1cc2nc(C)nc(NCc3ccc(/C=C/C4CCCCC4)s3)c2cc1OC. The summed E-state index contributed by atoms with van der Waals surface area (Å²) in [5.41, 5.74) is 0.838. The molecule has 0 amide bonds. The van der Waals surface area contributed by atoms with Crippen LogP contribution in [0.2, 0.25) is 0 Å². The summed E-state index contributed by atoms with van der Waals surface area (Å²) in [7, 11) is 3.27. The van der Waals surface area contributed by atoms with Crippen LogP contribution in [-0.4, -0.2) is 24.2 Å². The van der Waals surface area contributed by atoms with Gasteiger partial charge in [0.1, 0.15) is 11.6 Å². The predicted octanol–water partition coefficient (Wildman–Crippen LogP) is 6.22. The summed E-state index contributed by atoms with van der Waals surface area (Å²) >= 11 is 1.83. The van der Waals surface area contributed by atoms with E-state index in [0.29, 0.717) is 11.5 Å². The van der Waals surface area contributed by atoms with Crippen LogP contribution in [0.1, 0.15) is 47.7 Å². The van der Waals surface area contributed by atoms with E-state index in [-0.39, 0.29) is 0 Å². The second-order valence-electron chi connectivity index (χ2n) is 7.76. The molecule has 1 fully saturated rings. The smallest absolute Gasteiger partial charge is 0.162 e. The summed E-state index contributed by atoms with van der Waals surface area (Å²) in [5, 5.41) is 4.41. The van der Waals surface area contributed by atoms with Crippen LogP contribution < -0.4 is 14.8 Å². The molecular weight excluding hydrogens is 394 g/mol. The van der Waals surface area contributed by atoms with E-state index < -0.39 is 0 Å². The Morgan fingerprint density at radius 2 is 1.83 bits per heavy atom. The summed E-state index contributed by atoms with van der Waals surface area (Å²) in [6.45, 7) is 2.63. The summed E-state index contributed by atoms with van der Waals surface area (Å²) < 4.78 is 10.9. The maximum atomic E-state index is 5.46. The van der Waals surface area contributed by atoms with Crippen LogP contribution in [-0.2, 0) is 6.54 Å². The molecule has 0 radical (unpaired) electrons. The van der Waals surface area contributed by atoms with Gasteiger partial charge < -0.3 is 14.8 Å². The van der Waals surface area contributed by atoms with Crippen molar-refractivity contribution in [2.45, 2.75) is 45.6 Å². The second-order valence-corrected chi connectivity index (χ2v) is 8.96. The van der Waals surface area contributed by atoms with E-state index >= 15 is 0 Å². The number of rotatable bonds is 7. The molecule has 1 saturated carbocycles. The summed E-state index contributed by atoms with van der Waals surface area (Å²) in [5.74, 6) is 3.63. The van der Waals surface area contributed by atoms with Crippen molar-refractivity contribution in [1.82, 2.24) is 9.97 Å². The fraction of sp³-hybridized carbons (Fsp3) is 0.417. The maximum absolute atomic E-state index is 5.46. The lowest BCUT2D eigenvalue weighted by Crippen LogP contribution is -2.04. The first-order chi connectivity index (χ1) is 14.7. The number of anilines is 1. The zero-order chi connectivity index (χ0) is 20.9. The van der Waals surface area contributed by atoms with E-state index in [2.05, 4.69) is 39.6 Å². The van der Waals surface area contributed by atoms with Crippen molar-refractivity contribution in [3.8, 4) is 11.5 Å². The molecule has 0 atom stereocenters. The minimum absolute atomic E-state index is 0.668. The Labute approximate surface area is 182 Å². The molecule has 2 aromatic heterocycles. The van der Waals surface area contributed by atoms with Crippen molar-refractivity contribution in [1.29, 1.82) is 0 Å². The van der Waals surface area contributed by atoms with Crippen LogP contribution in [0.3, 0.4) is 0 Å². The van der Waals surface area contributed by atoms with Crippen molar-refractivity contribution in [2.75, 3.05) is 19.5 Å². The summed E-state index contributed by atoms with van der Waals surface area (Å²) in [6.07, 6.45) is 11.5. The van der Waals surface area contributed by atoms with E-state index in [1.54, 1.807) is 14.2 Å². The third-order valence-corrected chi connectivity index (χ3v) is 6.66. The van der Waals surface area contributed by atoms with E-state index in [0.717, 1.165) is 35.0 Å².